The lowest BCUT2D eigenvalue weighted by Gasteiger charge is -2.08. The standard InChI is InChI=1S/C15H18ClN3O/c1-3-17-14-8-11(2)18-15(19-14)10-20-9-12-6-4-5-7-13(12)16/h4-8H,3,9-10H2,1-2H3,(H,17,18,19). The van der Waals surface area contributed by atoms with Crippen LogP contribution in [0, 0.1) is 6.92 Å². The molecule has 5 heteroatoms. The summed E-state index contributed by atoms with van der Waals surface area (Å²) in [6.45, 7) is 5.63. The normalized spacial score (nSPS) is 10.6. The molecular weight excluding hydrogens is 274 g/mol. The van der Waals surface area contributed by atoms with E-state index in [1.807, 2.05) is 44.2 Å². The summed E-state index contributed by atoms with van der Waals surface area (Å²) in [6, 6.07) is 9.56. The molecule has 2 rings (SSSR count). The molecule has 106 valence electrons. The highest BCUT2D eigenvalue weighted by molar-refractivity contribution is 6.31. The quantitative estimate of drug-likeness (QED) is 0.883. The number of halogens is 1. The van der Waals surface area contributed by atoms with Crippen LogP contribution in [-0.4, -0.2) is 16.5 Å². The number of aromatic nitrogens is 2. The van der Waals surface area contributed by atoms with E-state index in [1.165, 1.54) is 0 Å². The van der Waals surface area contributed by atoms with Gasteiger partial charge in [-0.1, -0.05) is 29.8 Å². The largest absolute Gasteiger partial charge is 0.370 e. The van der Waals surface area contributed by atoms with Crippen molar-refractivity contribution >= 4 is 17.4 Å². The number of ether oxygens (including phenoxy) is 1. The first-order valence-corrected chi connectivity index (χ1v) is 6.96. The van der Waals surface area contributed by atoms with Crippen LogP contribution in [0.3, 0.4) is 0 Å². The molecule has 0 aliphatic carbocycles. The third kappa shape index (κ3) is 4.18. The Morgan fingerprint density at radius 1 is 1.20 bits per heavy atom. The second kappa shape index (κ2) is 7.22. The summed E-state index contributed by atoms with van der Waals surface area (Å²) in [4.78, 5) is 8.76. The van der Waals surface area contributed by atoms with E-state index < -0.39 is 0 Å². The summed E-state index contributed by atoms with van der Waals surface area (Å²) >= 11 is 6.08. The lowest BCUT2D eigenvalue weighted by Crippen LogP contribution is -2.06. The Hall–Kier alpha value is -1.65. The number of nitrogens with one attached hydrogen (secondary N) is 1. The average Bonchev–Trinajstić information content (AvgIpc) is 2.41. The Morgan fingerprint density at radius 3 is 2.75 bits per heavy atom. The molecule has 0 unspecified atom stereocenters. The molecule has 0 saturated carbocycles. The molecule has 0 aliphatic heterocycles. The number of rotatable bonds is 6. The number of nitrogens with zero attached hydrogens (tertiary/aromatic N) is 2. The first-order chi connectivity index (χ1) is 9.69. The van der Waals surface area contributed by atoms with Gasteiger partial charge in [-0.25, -0.2) is 9.97 Å². The first kappa shape index (κ1) is 14.8. The van der Waals surface area contributed by atoms with Crippen LogP contribution in [0.15, 0.2) is 30.3 Å². The smallest absolute Gasteiger partial charge is 0.156 e. The van der Waals surface area contributed by atoms with Gasteiger partial charge in [-0.15, -0.1) is 0 Å². The summed E-state index contributed by atoms with van der Waals surface area (Å²) < 4.78 is 5.64. The predicted molar refractivity (Wildman–Crippen MR) is 80.9 cm³/mol. The van der Waals surface area contributed by atoms with Crippen molar-refractivity contribution in [3.8, 4) is 0 Å². The minimum atomic E-state index is 0.366. The highest BCUT2D eigenvalue weighted by Gasteiger charge is 2.04. The van der Waals surface area contributed by atoms with Gasteiger partial charge < -0.3 is 10.1 Å². The molecule has 0 bridgehead atoms. The monoisotopic (exact) mass is 291 g/mol. The molecule has 1 aromatic carbocycles. The van der Waals surface area contributed by atoms with Crippen LogP contribution in [0.2, 0.25) is 5.02 Å². The Labute approximate surface area is 124 Å². The zero-order valence-corrected chi connectivity index (χ0v) is 12.4. The zero-order chi connectivity index (χ0) is 14.4. The second-order valence-electron chi connectivity index (χ2n) is 4.43. The van der Waals surface area contributed by atoms with Crippen LogP contribution in [0.1, 0.15) is 24.0 Å². The molecule has 0 spiro atoms. The third-order valence-corrected chi connectivity index (χ3v) is 3.07. The van der Waals surface area contributed by atoms with Crippen LogP contribution in [-0.2, 0) is 18.0 Å². The van der Waals surface area contributed by atoms with Crippen LogP contribution >= 0.6 is 11.6 Å². The van der Waals surface area contributed by atoms with Crippen molar-refractivity contribution in [1.29, 1.82) is 0 Å². The van der Waals surface area contributed by atoms with Gasteiger partial charge >= 0.3 is 0 Å². The van der Waals surface area contributed by atoms with E-state index in [9.17, 15) is 0 Å². The van der Waals surface area contributed by atoms with Gasteiger partial charge in [0.1, 0.15) is 12.4 Å². The molecule has 1 aromatic heterocycles. The minimum Gasteiger partial charge on any atom is -0.370 e. The van der Waals surface area contributed by atoms with Gasteiger partial charge in [-0.05, 0) is 25.5 Å². The molecule has 0 fully saturated rings. The van der Waals surface area contributed by atoms with E-state index in [0.717, 1.165) is 23.6 Å². The van der Waals surface area contributed by atoms with Crippen LogP contribution in [0.4, 0.5) is 5.82 Å². The number of anilines is 1. The van der Waals surface area contributed by atoms with Crippen molar-refractivity contribution in [2.45, 2.75) is 27.1 Å². The van der Waals surface area contributed by atoms with Crippen molar-refractivity contribution in [3.05, 3.63) is 52.4 Å². The lowest BCUT2D eigenvalue weighted by molar-refractivity contribution is 0.102. The number of hydrogen-bond donors (Lipinski definition) is 1. The molecule has 1 N–H and O–H groups in total. The van der Waals surface area contributed by atoms with Gasteiger partial charge in [-0.3, -0.25) is 0 Å². The van der Waals surface area contributed by atoms with Crippen molar-refractivity contribution < 1.29 is 4.74 Å². The van der Waals surface area contributed by atoms with E-state index in [-0.39, 0.29) is 0 Å². The van der Waals surface area contributed by atoms with Gasteiger partial charge in [0.2, 0.25) is 0 Å². The summed E-state index contributed by atoms with van der Waals surface area (Å²) in [5.74, 6) is 1.50. The lowest BCUT2D eigenvalue weighted by atomic mass is 10.2. The van der Waals surface area contributed by atoms with Crippen LogP contribution in [0.5, 0.6) is 0 Å². The molecule has 1 heterocycles. The van der Waals surface area contributed by atoms with Gasteiger partial charge in [0.25, 0.3) is 0 Å². The fourth-order valence-corrected chi connectivity index (χ4v) is 2.02. The Morgan fingerprint density at radius 2 is 2.00 bits per heavy atom. The first-order valence-electron chi connectivity index (χ1n) is 6.58. The molecule has 0 radical (unpaired) electrons. The fraction of sp³-hybridized carbons (Fsp3) is 0.333. The number of benzene rings is 1. The van der Waals surface area contributed by atoms with E-state index >= 15 is 0 Å². The highest BCUT2D eigenvalue weighted by atomic mass is 35.5. The van der Waals surface area contributed by atoms with Crippen LogP contribution in [0.25, 0.3) is 0 Å². The SMILES string of the molecule is CCNc1cc(C)nc(COCc2ccccc2Cl)n1. The van der Waals surface area contributed by atoms with Gasteiger partial charge in [0.15, 0.2) is 5.82 Å². The van der Waals surface area contributed by atoms with Crippen molar-refractivity contribution in [2.24, 2.45) is 0 Å². The zero-order valence-electron chi connectivity index (χ0n) is 11.7. The summed E-state index contributed by atoms with van der Waals surface area (Å²) in [6.07, 6.45) is 0. The highest BCUT2D eigenvalue weighted by Crippen LogP contribution is 2.16. The fourth-order valence-electron chi connectivity index (χ4n) is 1.83. The maximum atomic E-state index is 6.08. The van der Waals surface area contributed by atoms with E-state index in [1.54, 1.807) is 0 Å². The van der Waals surface area contributed by atoms with Crippen LogP contribution < -0.4 is 5.32 Å². The van der Waals surface area contributed by atoms with Crippen molar-refractivity contribution in [1.82, 2.24) is 9.97 Å². The Balaban J connectivity index is 1.95. The number of aryl methyl sites for hydroxylation is 1. The van der Waals surface area contributed by atoms with Gasteiger partial charge in [0, 0.05) is 23.3 Å². The molecule has 0 aliphatic rings. The molecule has 0 saturated heterocycles. The third-order valence-electron chi connectivity index (χ3n) is 2.70. The second-order valence-corrected chi connectivity index (χ2v) is 4.83. The van der Waals surface area contributed by atoms with Crippen molar-refractivity contribution in [3.63, 3.8) is 0 Å². The predicted octanol–water partition coefficient (Wildman–Crippen LogP) is 3.59. The maximum Gasteiger partial charge on any atom is 0.156 e. The molecule has 4 nitrogen and oxygen atoms in total. The average molecular weight is 292 g/mol. The molecule has 0 amide bonds. The Bertz CT molecular complexity index is 575. The maximum absolute atomic E-state index is 6.08. The van der Waals surface area contributed by atoms with Gasteiger partial charge in [-0.2, -0.15) is 0 Å². The summed E-state index contributed by atoms with van der Waals surface area (Å²) in [5.41, 5.74) is 1.89. The van der Waals surface area contributed by atoms with Gasteiger partial charge in [0.05, 0.1) is 6.61 Å². The number of hydrogen-bond acceptors (Lipinski definition) is 4. The molecule has 20 heavy (non-hydrogen) atoms. The molecular formula is C15H18ClN3O. The summed E-state index contributed by atoms with van der Waals surface area (Å²) in [5, 5.41) is 3.89. The van der Waals surface area contributed by atoms with E-state index in [4.69, 9.17) is 16.3 Å². The summed E-state index contributed by atoms with van der Waals surface area (Å²) in [7, 11) is 0. The molecule has 2 aromatic rings. The van der Waals surface area contributed by atoms with E-state index in [0.29, 0.717) is 24.1 Å². The topological polar surface area (TPSA) is 47.0 Å². The van der Waals surface area contributed by atoms with E-state index in [2.05, 4.69) is 15.3 Å². The molecule has 0 atom stereocenters. The minimum absolute atomic E-state index is 0.366. The Kier molecular flexibility index (Phi) is 5.32. The van der Waals surface area contributed by atoms with Crippen molar-refractivity contribution in [2.75, 3.05) is 11.9 Å².